The van der Waals surface area contributed by atoms with E-state index in [0.29, 0.717) is 12.2 Å². The number of H-pyrrole nitrogens is 1. The lowest BCUT2D eigenvalue weighted by atomic mass is 9.85. The molecule has 10 heteroatoms. The molecule has 0 amide bonds. The van der Waals surface area contributed by atoms with Crippen LogP contribution < -0.4 is 28.2 Å². The minimum Gasteiger partial charge on any atom is -0.370 e. The number of guanidine groups is 1. The van der Waals surface area contributed by atoms with Crippen molar-refractivity contribution >= 4 is 17.0 Å². The van der Waals surface area contributed by atoms with E-state index in [9.17, 15) is 9.18 Å². The van der Waals surface area contributed by atoms with Gasteiger partial charge in [0.15, 0.2) is 5.96 Å². The van der Waals surface area contributed by atoms with Crippen molar-refractivity contribution in [1.29, 1.82) is 0 Å². The van der Waals surface area contributed by atoms with E-state index >= 15 is 0 Å². The van der Waals surface area contributed by atoms with Crippen molar-refractivity contribution in [2.24, 2.45) is 22.2 Å². The molecule has 0 saturated heterocycles. The molecule has 0 fully saturated rings. The van der Waals surface area contributed by atoms with Crippen LogP contribution in [0.3, 0.4) is 0 Å². The standard InChI is InChI=1S/C21H29N7O.C16H26FN/c1-21(2,3)17-11-15-13-28(20(29)27-18(15)26-17)16-7-5-14(6-8-16)12-24-9-4-10-25-19(22)23;1-15(2,3)13-11-12(8-9-14(13)17)7-6-10-16(4,5)18/h5-8,11,13,24H,4,9-10,12H2,1-3H3,(H4,22,23,25)(H,26,27,29);8-9,11H,6-7,10,18H2,1-5H3. The maximum absolute atomic E-state index is 13.8. The fourth-order valence-electron chi connectivity index (χ4n) is 5.05. The molecule has 0 aliphatic rings. The lowest BCUT2D eigenvalue weighted by molar-refractivity contribution is 0.458. The zero-order chi connectivity index (χ0) is 35.0. The zero-order valence-electron chi connectivity index (χ0n) is 29.5. The van der Waals surface area contributed by atoms with Gasteiger partial charge in [-0.2, -0.15) is 4.98 Å². The lowest BCUT2D eigenvalue weighted by Crippen LogP contribution is -2.31. The number of aliphatic imine (C=N–C) groups is 1. The second-order valence-corrected chi connectivity index (χ2v) is 15.0. The molecule has 2 heterocycles. The Hall–Kier alpha value is -4.02. The summed E-state index contributed by atoms with van der Waals surface area (Å²) >= 11 is 0. The molecule has 0 radical (unpaired) electrons. The van der Waals surface area contributed by atoms with Gasteiger partial charge in [-0.25, -0.2) is 9.18 Å². The Labute approximate surface area is 279 Å². The van der Waals surface area contributed by atoms with Crippen LogP contribution in [-0.2, 0) is 23.8 Å². The number of hydrogen-bond acceptors (Lipinski definition) is 5. The molecular weight excluding hydrogens is 591 g/mol. The Morgan fingerprint density at radius 1 is 0.936 bits per heavy atom. The van der Waals surface area contributed by atoms with Gasteiger partial charge in [0.25, 0.3) is 0 Å². The third-order valence-electron chi connectivity index (χ3n) is 7.79. The SMILES string of the molecule is CC(C)(C)c1cc2cn(-c3ccc(CNCCCN=C(N)N)cc3)c(=O)nc2[nH]1.CC(C)(N)CCCc1ccc(F)c(C(C)(C)C)c1. The Balaban J connectivity index is 0.000000287. The van der Waals surface area contributed by atoms with Crippen LogP contribution >= 0.6 is 0 Å². The molecule has 4 aromatic rings. The van der Waals surface area contributed by atoms with Crippen LogP contribution in [0.2, 0.25) is 0 Å². The summed E-state index contributed by atoms with van der Waals surface area (Å²) in [6.45, 7) is 18.7. The van der Waals surface area contributed by atoms with Crippen molar-refractivity contribution in [3.05, 3.63) is 93.4 Å². The van der Waals surface area contributed by atoms with Crippen molar-refractivity contribution in [3.63, 3.8) is 0 Å². The number of benzene rings is 2. The normalized spacial score (nSPS) is 12.1. The first kappa shape index (κ1) is 37.4. The van der Waals surface area contributed by atoms with Crippen LogP contribution in [0, 0.1) is 5.82 Å². The van der Waals surface area contributed by atoms with Gasteiger partial charge in [0.05, 0.1) is 5.69 Å². The average Bonchev–Trinajstić information content (AvgIpc) is 3.38. The van der Waals surface area contributed by atoms with Crippen LogP contribution in [0.15, 0.2) is 64.5 Å². The summed E-state index contributed by atoms with van der Waals surface area (Å²) in [5.74, 6) is 0.0168. The summed E-state index contributed by atoms with van der Waals surface area (Å²) in [5, 5.41) is 4.27. The monoisotopic (exact) mass is 646 g/mol. The van der Waals surface area contributed by atoms with Crippen molar-refractivity contribution in [2.75, 3.05) is 13.1 Å². The van der Waals surface area contributed by atoms with Crippen molar-refractivity contribution < 1.29 is 4.39 Å². The van der Waals surface area contributed by atoms with Crippen molar-refractivity contribution in [3.8, 4) is 5.69 Å². The Morgan fingerprint density at radius 3 is 2.19 bits per heavy atom. The molecule has 0 unspecified atom stereocenters. The van der Waals surface area contributed by atoms with Gasteiger partial charge in [0.2, 0.25) is 0 Å². The lowest BCUT2D eigenvalue weighted by Gasteiger charge is -2.21. The maximum atomic E-state index is 13.8. The number of halogens is 1. The number of fused-ring (bicyclic) bond motifs is 1. The number of nitrogens with one attached hydrogen (secondary N) is 2. The van der Waals surface area contributed by atoms with E-state index in [1.807, 2.05) is 77.2 Å². The molecule has 256 valence electrons. The van der Waals surface area contributed by atoms with Crippen LogP contribution in [0.25, 0.3) is 16.7 Å². The van der Waals surface area contributed by atoms with Crippen LogP contribution in [0.4, 0.5) is 4.39 Å². The van der Waals surface area contributed by atoms with Gasteiger partial charge in [-0.05, 0) is 92.4 Å². The van der Waals surface area contributed by atoms with Crippen molar-refractivity contribution in [2.45, 2.75) is 104 Å². The van der Waals surface area contributed by atoms with Crippen LogP contribution in [0.1, 0.15) is 97.0 Å². The first-order valence-corrected chi connectivity index (χ1v) is 16.4. The van der Waals surface area contributed by atoms with E-state index in [-0.39, 0.29) is 33.8 Å². The Bertz CT molecular complexity index is 1680. The molecule has 0 spiro atoms. The number of aromatic nitrogens is 3. The van der Waals surface area contributed by atoms with E-state index in [2.05, 4.69) is 47.1 Å². The van der Waals surface area contributed by atoms with Gasteiger partial charge in [0.1, 0.15) is 11.5 Å². The van der Waals surface area contributed by atoms with E-state index in [4.69, 9.17) is 17.2 Å². The number of hydrogen-bond donors (Lipinski definition) is 5. The van der Waals surface area contributed by atoms with E-state index in [1.54, 1.807) is 10.6 Å². The first-order chi connectivity index (χ1) is 21.8. The molecule has 0 aliphatic carbocycles. The molecule has 2 aromatic carbocycles. The molecule has 47 heavy (non-hydrogen) atoms. The predicted octanol–water partition coefficient (Wildman–Crippen LogP) is 5.95. The fourth-order valence-corrected chi connectivity index (χ4v) is 5.05. The topological polar surface area (TPSA) is 153 Å². The fraction of sp³-hybridized carbons (Fsp3) is 0.486. The minimum atomic E-state index is -0.301. The highest BCUT2D eigenvalue weighted by molar-refractivity contribution is 5.76. The molecule has 9 nitrogen and oxygen atoms in total. The molecule has 0 bridgehead atoms. The van der Waals surface area contributed by atoms with Gasteiger partial charge in [-0.1, -0.05) is 65.8 Å². The van der Waals surface area contributed by atoms with Gasteiger partial charge in [-0.15, -0.1) is 0 Å². The van der Waals surface area contributed by atoms with Gasteiger partial charge in [0, 0.05) is 41.3 Å². The zero-order valence-corrected chi connectivity index (χ0v) is 29.5. The third-order valence-corrected chi connectivity index (χ3v) is 7.79. The molecule has 0 aliphatic heterocycles. The summed E-state index contributed by atoms with van der Waals surface area (Å²) in [7, 11) is 0. The van der Waals surface area contributed by atoms with Gasteiger partial charge in [-0.3, -0.25) is 9.56 Å². The summed E-state index contributed by atoms with van der Waals surface area (Å²) < 4.78 is 15.3. The highest BCUT2D eigenvalue weighted by atomic mass is 19.1. The van der Waals surface area contributed by atoms with E-state index in [0.717, 1.165) is 66.7 Å². The van der Waals surface area contributed by atoms with E-state index in [1.165, 1.54) is 5.56 Å². The third kappa shape index (κ3) is 11.9. The maximum Gasteiger partial charge on any atom is 0.354 e. The average molecular weight is 647 g/mol. The van der Waals surface area contributed by atoms with Crippen molar-refractivity contribution in [1.82, 2.24) is 19.9 Å². The van der Waals surface area contributed by atoms with E-state index < -0.39 is 0 Å². The molecular formula is C37H55FN8O. The molecule has 8 N–H and O–H groups in total. The smallest absolute Gasteiger partial charge is 0.354 e. The van der Waals surface area contributed by atoms with Crippen LogP contribution in [0.5, 0.6) is 0 Å². The van der Waals surface area contributed by atoms with Gasteiger partial charge >= 0.3 is 5.69 Å². The summed E-state index contributed by atoms with van der Waals surface area (Å²) in [5.41, 5.74) is 21.6. The number of nitrogens with two attached hydrogens (primary N) is 3. The number of nitrogens with zero attached hydrogens (tertiary/aromatic N) is 3. The number of aromatic amines is 1. The Morgan fingerprint density at radius 2 is 1.60 bits per heavy atom. The molecule has 2 aromatic heterocycles. The quantitative estimate of drug-likeness (QED) is 0.0772. The van der Waals surface area contributed by atoms with Gasteiger partial charge < -0.3 is 27.5 Å². The second kappa shape index (κ2) is 15.7. The molecule has 0 atom stereocenters. The predicted molar refractivity (Wildman–Crippen MR) is 194 cm³/mol. The number of aryl methyl sites for hydroxylation is 1. The van der Waals surface area contributed by atoms with Crippen LogP contribution in [-0.4, -0.2) is 39.1 Å². The second-order valence-electron chi connectivity index (χ2n) is 15.0. The largest absolute Gasteiger partial charge is 0.370 e. The highest BCUT2D eigenvalue weighted by Crippen LogP contribution is 2.27. The molecule has 4 rings (SSSR count). The summed E-state index contributed by atoms with van der Waals surface area (Å²) in [4.78, 5) is 23.9. The molecule has 0 saturated carbocycles. The first-order valence-electron chi connectivity index (χ1n) is 16.4. The summed E-state index contributed by atoms with van der Waals surface area (Å²) in [6, 6.07) is 15.4. The summed E-state index contributed by atoms with van der Waals surface area (Å²) in [6.07, 6.45) is 5.69. The Kier molecular flexibility index (Phi) is 12.5. The number of rotatable bonds is 11. The minimum absolute atomic E-state index is 0.0352. The highest BCUT2D eigenvalue weighted by Gasteiger charge is 2.19.